The summed E-state index contributed by atoms with van der Waals surface area (Å²) in [6.45, 7) is 0. The lowest BCUT2D eigenvalue weighted by molar-refractivity contribution is 0.823. The molecule has 0 spiro atoms. The van der Waals surface area contributed by atoms with E-state index in [0.29, 0.717) is 6.32 Å². The Hall–Kier alpha value is -0.795. The molecular weight excluding hydrogens is 127 g/mol. The van der Waals surface area contributed by atoms with Crippen molar-refractivity contribution in [2.45, 2.75) is 6.32 Å². The minimum Gasteiger partial charge on any atom is -0.412 e. The summed E-state index contributed by atoms with van der Waals surface area (Å²) in [5.41, 5.74) is 1.19. The highest BCUT2D eigenvalue weighted by atomic mass is 16.0. The fraction of sp³-hybridized carbons (Fsp3) is 0.143. The predicted molar refractivity (Wildman–Crippen MR) is 43.1 cm³/mol. The first kappa shape index (κ1) is 11.9. The van der Waals surface area contributed by atoms with E-state index < -0.39 is 0 Å². The summed E-state index contributed by atoms with van der Waals surface area (Å²) < 4.78 is 0. The van der Waals surface area contributed by atoms with E-state index in [-0.39, 0.29) is 11.0 Å². The number of hydrogen-bond donors (Lipinski definition) is 0. The molecule has 4 N–H and O–H groups in total. The smallest absolute Gasteiger partial charge is 0.0716 e. The summed E-state index contributed by atoms with van der Waals surface area (Å²) in [4.78, 5) is 0. The largest absolute Gasteiger partial charge is 0.412 e. The highest BCUT2D eigenvalue weighted by Crippen LogP contribution is 1.95. The Balaban J connectivity index is 0. The first-order valence-corrected chi connectivity index (χ1v) is 2.67. The minimum atomic E-state index is 0. The normalized spacial score (nSPS) is 7.20. The fourth-order valence-electron chi connectivity index (χ4n) is 0.614. The molecule has 0 aliphatic rings. The summed E-state index contributed by atoms with van der Waals surface area (Å²) in [5, 5.41) is 0. The van der Waals surface area contributed by atoms with Crippen LogP contribution < -0.4 is 0 Å². The van der Waals surface area contributed by atoms with Gasteiger partial charge in [0.05, 0.1) is 7.85 Å². The molecule has 1 aromatic carbocycles. The van der Waals surface area contributed by atoms with Crippen molar-refractivity contribution in [3.8, 4) is 0 Å². The zero-order chi connectivity index (χ0) is 5.82. The van der Waals surface area contributed by atoms with Crippen molar-refractivity contribution in [3.63, 3.8) is 0 Å². The molecule has 54 valence electrons. The summed E-state index contributed by atoms with van der Waals surface area (Å²) >= 11 is 0. The SMILES string of the molecule is O.O.[B]Cc1ccccc1. The molecule has 0 aliphatic heterocycles. The van der Waals surface area contributed by atoms with Crippen LogP contribution in [0.5, 0.6) is 0 Å². The van der Waals surface area contributed by atoms with Crippen LogP contribution >= 0.6 is 0 Å². The second-order valence-electron chi connectivity index (χ2n) is 1.69. The molecule has 0 amide bonds. The molecule has 0 saturated carbocycles. The Morgan fingerprint density at radius 2 is 1.50 bits per heavy atom. The van der Waals surface area contributed by atoms with E-state index in [1.807, 2.05) is 30.3 Å². The Morgan fingerprint density at radius 1 is 1.00 bits per heavy atom. The van der Waals surface area contributed by atoms with Gasteiger partial charge in [-0.3, -0.25) is 0 Å². The van der Waals surface area contributed by atoms with Crippen LogP contribution in [0.2, 0.25) is 0 Å². The lowest BCUT2D eigenvalue weighted by Gasteiger charge is -1.89. The van der Waals surface area contributed by atoms with Gasteiger partial charge in [0.1, 0.15) is 0 Å². The molecule has 0 bridgehead atoms. The maximum atomic E-state index is 5.35. The molecule has 10 heavy (non-hydrogen) atoms. The highest BCUT2D eigenvalue weighted by Gasteiger charge is 1.79. The number of hydrogen-bond acceptors (Lipinski definition) is 0. The van der Waals surface area contributed by atoms with E-state index in [1.54, 1.807) is 0 Å². The molecular formula is C7H11BO2. The van der Waals surface area contributed by atoms with Gasteiger partial charge in [0.15, 0.2) is 0 Å². The minimum absolute atomic E-state index is 0. The van der Waals surface area contributed by atoms with Gasteiger partial charge < -0.3 is 11.0 Å². The predicted octanol–water partition coefficient (Wildman–Crippen LogP) is -0.294. The molecule has 0 fully saturated rings. The molecule has 0 atom stereocenters. The van der Waals surface area contributed by atoms with E-state index in [4.69, 9.17) is 7.85 Å². The van der Waals surface area contributed by atoms with Crippen LogP contribution in [0.25, 0.3) is 0 Å². The van der Waals surface area contributed by atoms with Crippen LogP contribution in [0.1, 0.15) is 5.56 Å². The van der Waals surface area contributed by atoms with Crippen molar-refractivity contribution in [2.75, 3.05) is 0 Å². The van der Waals surface area contributed by atoms with Crippen molar-refractivity contribution in [1.29, 1.82) is 0 Å². The summed E-state index contributed by atoms with van der Waals surface area (Å²) in [7, 11) is 5.35. The molecule has 0 heterocycles. The topological polar surface area (TPSA) is 63.0 Å². The average Bonchev–Trinajstić information content (AvgIpc) is 1.90. The molecule has 0 saturated heterocycles. The van der Waals surface area contributed by atoms with Crippen LogP contribution in [0.15, 0.2) is 30.3 Å². The first-order chi connectivity index (χ1) is 3.93. The maximum absolute atomic E-state index is 5.35. The monoisotopic (exact) mass is 138 g/mol. The third-order valence-electron chi connectivity index (χ3n) is 1.08. The summed E-state index contributed by atoms with van der Waals surface area (Å²) in [5.74, 6) is 0. The Bertz CT molecular complexity index is 153. The van der Waals surface area contributed by atoms with Crippen LogP contribution in [0.3, 0.4) is 0 Å². The lowest BCUT2D eigenvalue weighted by atomic mass is 9.97. The molecule has 2 radical (unpaired) electrons. The Morgan fingerprint density at radius 3 is 1.80 bits per heavy atom. The van der Waals surface area contributed by atoms with Crippen LogP contribution in [0.4, 0.5) is 0 Å². The quantitative estimate of drug-likeness (QED) is 0.478. The molecule has 3 heteroatoms. The Kier molecular flexibility index (Phi) is 7.55. The molecule has 1 aromatic rings. The summed E-state index contributed by atoms with van der Waals surface area (Å²) in [6, 6.07) is 9.99. The van der Waals surface area contributed by atoms with Crippen molar-refractivity contribution < 1.29 is 11.0 Å². The molecule has 0 aromatic heterocycles. The average molecular weight is 138 g/mol. The van der Waals surface area contributed by atoms with E-state index >= 15 is 0 Å². The molecule has 0 unspecified atom stereocenters. The van der Waals surface area contributed by atoms with E-state index in [0.717, 1.165) is 0 Å². The van der Waals surface area contributed by atoms with Gasteiger partial charge >= 0.3 is 0 Å². The van der Waals surface area contributed by atoms with E-state index in [2.05, 4.69) is 0 Å². The summed E-state index contributed by atoms with van der Waals surface area (Å²) in [6.07, 6.45) is 0.640. The van der Waals surface area contributed by atoms with Crippen molar-refractivity contribution >= 4 is 7.85 Å². The third-order valence-corrected chi connectivity index (χ3v) is 1.08. The van der Waals surface area contributed by atoms with E-state index in [1.165, 1.54) is 5.56 Å². The van der Waals surface area contributed by atoms with E-state index in [9.17, 15) is 0 Å². The first-order valence-electron chi connectivity index (χ1n) is 2.67. The van der Waals surface area contributed by atoms with Gasteiger partial charge in [-0.25, -0.2) is 0 Å². The van der Waals surface area contributed by atoms with Crippen LogP contribution in [-0.2, 0) is 6.32 Å². The van der Waals surface area contributed by atoms with Gasteiger partial charge in [-0.15, -0.1) is 0 Å². The fourth-order valence-corrected chi connectivity index (χ4v) is 0.614. The lowest BCUT2D eigenvalue weighted by Crippen LogP contribution is -1.78. The van der Waals surface area contributed by atoms with Crippen molar-refractivity contribution in [3.05, 3.63) is 35.9 Å². The van der Waals surface area contributed by atoms with Crippen molar-refractivity contribution in [1.82, 2.24) is 0 Å². The van der Waals surface area contributed by atoms with Gasteiger partial charge in [-0.1, -0.05) is 42.2 Å². The van der Waals surface area contributed by atoms with Gasteiger partial charge in [0, 0.05) is 0 Å². The van der Waals surface area contributed by atoms with Gasteiger partial charge in [0.2, 0.25) is 0 Å². The third kappa shape index (κ3) is 3.27. The zero-order valence-corrected chi connectivity index (χ0v) is 5.67. The van der Waals surface area contributed by atoms with Crippen molar-refractivity contribution in [2.24, 2.45) is 0 Å². The number of rotatable bonds is 1. The Labute approximate surface area is 61.9 Å². The standard InChI is InChI=1S/C7H7B.2H2O/c8-6-7-4-2-1-3-5-7;;/h1-5H,6H2;2*1H2. The second kappa shape index (κ2) is 6.33. The van der Waals surface area contributed by atoms with Gasteiger partial charge in [-0.2, -0.15) is 0 Å². The molecule has 0 aliphatic carbocycles. The molecule has 1 rings (SSSR count). The number of benzene rings is 1. The molecule has 2 nitrogen and oxygen atoms in total. The zero-order valence-electron chi connectivity index (χ0n) is 5.67. The van der Waals surface area contributed by atoms with Gasteiger partial charge in [0.25, 0.3) is 0 Å². The maximum Gasteiger partial charge on any atom is 0.0716 e. The highest BCUT2D eigenvalue weighted by molar-refractivity contribution is 6.08. The second-order valence-corrected chi connectivity index (χ2v) is 1.69. The van der Waals surface area contributed by atoms with Gasteiger partial charge in [-0.05, 0) is 0 Å². The van der Waals surface area contributed by atoms with Crippen LogP contribution in [-0.4, -0.2) is 18.8 Å². The van der Waals surface area contributed by atoms with Crippen LogP contribution in [0, 0.1) is 0 Å².